The van der Waals surface area contributed by atoms with Crippen molar-refractivity contribution in [2.24, 2.45) is 0 Å². The van der Waals surface area contributed by atoms with Crippen LogP contribution in [0.15, 0.2) is 12.3 Å². The summed E-state index contributed by atoms with van der Waals surface area (Å²) >= 11 is 0. The Morgan fingerprint density at radius 2 is 2.11 bits per heavy atom. The summed E-state index contributed by atoms with van der Waals surface area (Å²) in [4.78, 5) is 0. The molecule has 0 fully saturated rings. The summed E-state index contributed by atoms with van der Waals surface area (Å²) in [5, 5.41) is 6.63. The lowest BCUT2D eigenvalue weighted by Gasteiger charge is -2.05. The average molecular weight is 279 g/mol. The fourth-order valence-corrected chi connectivity index (χ4v) is 1.55. The Kier molecular flexibility index (Phi) is 6.86. The largest absolute Gasteiger partial charge is 0.435 e. The van der Waals surface area contributed by atoms with Gasteiger partial charge in [0.05, 0.1) is 6.54 Å². The molecule has 0 atom stereocenters. The summed E-state index contributed by atoms with van der Waals surface area (Å²) < 4.78 is 43.4. The Balaban J connectivity index is 2.08. The molecule has 0 aromatic carbocycles. The number of aromatic nitrogens is 2. The molecule has 0 radical (unpaired) electrons. The lowest BCUT2D eigenvalue weighted by atomic mass is 10.3. The van der Waals surface area contributed by atoms with Crippen LogP contribution in [-0.2, 0) is 17.5 Å². The fourth-order valence-electron chi connectivity index (χ4n) is 1.55. The number of alkyl halides is 3. The number of nitrogens with one attached hydrogen (secondary N) is 1. The van der Waals surface area contributed by atoms with Crippen LogP contribution in [0.1, 0.15) is 25.5 Å². The lowest BCUT2D eigenvalue weighted by molar-refractivity contribution is -0.141. The molecular formula is C12H20F3N3O. The second-order valence-electron chi connectivity index (χ2n) is 4.12. The van der Waals surface area contributed by atoms with Crippen LogP contribution in [-0.4, -0.2) is 36.1 Å². The second kappa shape index (κ2) is 8.16. The van der Waals surface area contributed by atoms with E-state index in [9.17, 15) is 13.2 Å². The van der Waals surface area contributed by atoms with E-state index in [0.29, 0.717) is 13.1 Å². The standard InChI is InChI=1S/C12H20F3N3O/c1-2-19-10-4-3-6-16-7-9-18-8-5-11(17-18)12(13,14)15/h5,8,16H,2-4,6-7,9-10H2,1H3. The van der Waals surface area contributed by atoms with Gasteiger partial charge in [-0.25, -0.2) is 0 Å². The van der Waals surface area contributed by atoms with Crippen molar-refractivity contribution < 1.29 is 17.9 Å². The quantitative estimate of drug-likeness (QED) is 0.705. The molecule has 7 heteroatoms. The zero-order chi connectivity index (χ0) is 14.1. The molecule has 4 nitrogen and oxygen atoms in total. The van der Waals surface area contributed by atoms with E-state index in [1.807, 2.05) is 6.92 Å². The minimum atomic E-state index is -4.36. The SMILES string of the molecule is CCOCCCCNCCn1ccc(C(F)(F)F)n1. The predicted molar refractivity (Wildman–Crippen MR) is 65.8 cm³/mol. The highest BCUT2D eigenvalue weighted by molar-refractivity contribution is 5.03. The summed E-state index contributed by atoms with van der Waals surface area (Å²) in [6.07, 6.45) is -1.04. The fraction of sp³-hybridized carbons (Fsp3) is 0.750. The highest BCUT2D eigenvalue weighted by Crippen LogP contribution is 2.27. The van der Waals surface area contributed by atoms with Crippen LogP contribution in [0.25, 0.3) is 0 Å². The van der Waals surface area contributed by atoms with Gasteiger partial charge in [0.2, 0.25) is 0 Å². The van der Waals surface area contributed by atoms with Crippen molar-refractivity contribution >= 4 is 0 Å². The summed E-state index contributed by atoms with van der Waals surface area (Å²) in [6, 6.07) is 0.988. The lowest BCUT2D eigenvalue weighted by Crippen LogP contribution is -2.22. The van der Waals surface area contributed by atoms with Crippen molar-refractivity contribution in [3.63, 3.8) is 0 Å². The summed E-state index contributed by atoms with van der Waals surface area (Å²) in [5.74, 6) is 0. The number of unbranched alkanes of at least 4 members (excludes halogenated alkanes) is 1. The van der Waals surface area contributed by atoms with Gasteiger partial charge in [0, 0.05) is 26.0 Å². The van der Waals surface area contributed by atoms with Gasteiger partial charge in [-0.15, -0.1) is 0 Å². The second-order valence-corrected chi connectivity index (χ2v) is 4.12. The van der Waals surface area contributed by atoms with Gasteiger partial charge >= 0.3 is 6.18 Å². The summed E-state index contributed by atoms with van der Waals surface area (Å²) in [6.45, 7) is 5.31. The van der Waals surface area contributed by atoms with E-state index in [1.165, 1.54) is 10.9 Å². The van der Waals surface area contributed by atoms with Crippen LogP contribution in [0.5, 0.6) is 0 Å². The Hall–Kier alpha value is -1.08. The molecule has 0 aliphatic rings. The molecule has 0 aliphatic heterocycles. The van der Waals surface area contributed by atoms with Gasteiger partial charge in [0.1, 0.15) is 0 Å². The molecule has 19 heavy (non-hydrogen) atoms. The van der Waals surface area contributed by atoms with Gasteiger partial charge in [-0.3, -0.25) is 4.68 Å². The number of nitrogens with zero attached hydrogens (tertiary/aromatic N) is 2. The highest BCUT2D eigenvalue weighted by Gasteiger charge is 2.33. The molecule has 1 aromatic rings. The number of rotatable bonds is 9. The Bertz CT molecular complexity index is 352. The van der Waals surface area contributed by atoms with Crippen LogP contribution in [0.3, 0.4) is 0 Å². The molecule has 0 saturated heterocycles. The normalized spacial score (nSPS) is 12.0. The van der Waals surface area contributed by atoms with Gasteiger partial charge in [-0.1, -0.05) is 0 Å². The smallest absolute Gasteiger partial charge is 0.382 e. The van der Waals surface area contributed by atoms with Crippen LogP contribution >= 0.6 is 0 Å². The van der Waals surface area contributed by atoms with Crippen molar-refractivity contribution in [1.29, 1.82) is 0 Å². The molecule has 0 spiro atoms. The van der Waals surface area contributed by atoms with Crippen LogP contribution in [0.4, 0.5) is 13.2 Å². The number of halogens is 3. The first-order valence-electron chi connectivity index (χ1n) is 6.43. The van der Waals surface area contributed by atoms with E-state index in [4.69, 9.17) is 4.74 Å². The van der Waals surface area contributed by atoms with Crippen LogP contribution in [0, 0.1) is 0 Å². The van der Waals surface area contributed by atoms with Crippen molar-refractivity contribution in [3.8, 4) is 0 Å². The molecule has 0 amide bonds. The Labute approximate surface area is 110 Å². The minimum Gasteiger partial charge on any atom is -0.382 e. The summed E-state index contributed by atoms with van der Waals surface area (Å²) in [5.41, 5.74) is -0.843. The van der Waals surface area contributed by atoms with E-state index < -0.39 is 11.9 Å². The molecule has 0 saturated carbocycles. The van der Waals surface area contributed by atoms with Gasteiger partial charge < -0.3 is 10.1 Å². The maximum atomic E-state index is 12.3. The molecule has 1 rings (SSSR count). The van der Waals surface area contributed by atoms with E-state index in [0.717, 1.165) is 38.7 Å². The topological polar surface area (TPSA) is 39.1 Å². The van der Waals surface area contributed by atoms with Gasteiger partial charge in [0.15, 0.2) is 5.69 Å². The first-order chi connectivity index (χ1) is 9.04. The maximum absolute atomic E-state index is 12.3. The van der Waals surface area contributed by atoms with Gasteiger partial charge in [-0.2, -0.15) is 18.3 Å². The maximum Gasteiger partial charge on any atom is 0.435 e. The Morgan fingerprint density at radius 3 is 2.74 bits per heavy atom. The van der Waals surface area contributed by atoms with Crippen molar-refractivity contribution in [2.75, 3.05) is 26.3 Å². The van der Waals surface area contributed by atoms with Gasteiger partial charge in [-0.05, 0) is 32.4 Å². The zero-order valence-electron chi connectivity index (χ0n) is 11.0. The highest BCUT2D eigenvalue weighted by atomic mass is 19.4. The van der Waals surface area contributed by atoms with Crippen molar-refractivity contribution in [1.82, 2.24) is 15.1 Å². The number of hydrogen-bond donors (Lipinski definition) is 1. The van der Waals surface area contributed by atoms with E-state index in [-0.39, 0.29) is 0 Å². The van der Waals surface area contributed by atoms with Crippen LogP contribution in [0.2, 0.25) is 0 Å². The van der Waals surface area contributed by atoms with Crippen molar-refractivity contribution in [3.05, 3.63) is 18.0 Å². The monoisotopic (exact) mass is 279 g/mol. The van der Waals surface area contributed by atoms with Gasteiger partial charge in [0.25, 0.3) is 0 Å². The molecule has 1 heterocycles. The molecule has 0 bridgehead atoms. The first-order valence-corrected chi connectivity index (χ1v) is 6.43. The van der Waals surface area contributed by atoms with E-state index >= 15 is 0 Å². The number of ether oxygens (including phenoxy) is 1. The molecule has 0 aliphatic carbocycles. The van der Waals surface area contributed by atoms with Crippen molar-refractivity contribution in [2.45, 2.75) is 32.5 Å². The molecular weight excluding hydrogens is 259 g/mol. The molecule has 110 valence electrons. The van der Waals surface area contributed by atoms with Crippen LogP contribution < -0.4 is 5.32 Å². The van der Waals surface area contributed by atoms with E-state index in [2.05, 4.69) is 10.4 Å². The predicted octanol–water partition coefficient (Wildman–Crippen LogP) is 2.31. The molecule has 0 unspecified atom stereocenters. The zero-order valence-corrected chi connectivity index (χ0v) is 11.0. The third-order valence-corrected chi connectivity index (χ3v) is 2.55. The summed E-state index contributed by atoms with van der Waals surface area (Å²) in [7, 11) is 0. The average Bonchev–Trinajstić information content (AvgIpc) is 2.81. The third-order valence-electron chi connectivity index (χ3n) is 2.55. The first kappa shape index (κ1) is 16.0. The third kappa shape index (κ3) is 6.58. The van der Waals surface area contributed by atoms with E-state index in [1.54, 1.807) is 0 Å². The minimum absolute atomic E-state index is 0.432. The molecule has 1 aromatic heterocycles. The molecule has 1 N–H and O–H groups in total. The number of hydrogen-bond acceptors (Lipinski definition) is 3. The Morgan fingerprint density at radius 1 is 1.32 bits per heavy atom.